The van der Waals surface area contributed by atoms with Gasteiger partial charge in [-0.2, -0.15) is 0 Å². The molecule has 0 heterocycles. The molecule has 0 spiro atoms. The Morgan fingerprint density at radius 3 is 2.43 bits per heavy atom. The highest BCUT2D eigenvalue weighted by Gasteiger charge is 2.14. The molecule has 0 saturated heterocycles. The molecule has 0 radical (unpaired) electrons. The number of azide groups is 2. The Morgan fingerprint density at radius 1 is 1.33 bits per heavy atom. The van der Waals surface area contributed by atoms with E-state index in [0.29, 0.717) is 5.75 Å². The van der Waals surface area contributed by atoms with Crippen LogP contribution in [0.2, 0.25) is 0 Å². The van der Waals surface area contributed by atoms with Crippen LogP contribution in [-0.2, 0) is 4.74 Å². The van der Waals surface area contributed by atoms with E-state index in [1.807, 2.05) is 10.2 Å². The van der Waals surface area contributed by atoms with E-state index in [1.54, 1.807) is 30.3 Å². The van der Waals surface area contributed by atoms with Crippen molar-refractivity contribution in [1.82, 2.24) is 0 Å². The summed E-state index contributed by atoms with van der Waals surface area (Å²) in [7, 11) is 0. The standard InChI is InChI=1S/C10H10ClN3O3.HN3O/c11-6-9(7-13-14-12)17-10(15)16-8-4-2-1-3-5-8;1-2-3-4/h1-5,9H,6-7H2;4H/t9-;/m0./s1. The summed E-state index contributed by atoms with van der Waals surface area (Å²) in [5.41, 5.74) is 15.2. The normalized spacial score (nSPS) is 9.76. The smallest absolute Gasteiger partial charge is 0.449 e. The molecule has 0 aliphatic rings. The zero-order valence-corrected chi connectivity index (χ0v) is 11.4. The van der Waals surface area contributed by atoms with Crippen LogP contribution in [0.1, 0.15) is 0 Å². The van der Waals surface area contributed by atoms with Crippen molar-refractivity contribution in [1.29, 1.82) is 0 Å². The summed E-state index contributed by atoms with van der Waals surface area (Å²) in [5.74, 6) is 0.401. The molecule has 0 fully saturated rings. The summed E-state index contributed by atoms with van der Waals surface area (Å²) < 4.78 is 9.72. The van der Waals surface area contributed by atoms with Gasteiger partial charge < -0.3 is 14.7 Å². The van der Waals surface area contributed by atoms with Crippen molar-refractivity contribution in [3.8, 4) is 5.75 Å². The van der Waals surface area contributed by atoms with Crippen LogP contribution in [-0.4, -0.2) is 29.9 Å². The van der Waals surface area contributed by atoms with Crippen LogP contribution in [0.15, 0.2) is 40.7 Å². The number of rotatable bonds is 5. The third kappa shape index (κ3) is 9.74. The minimum atomic E-state index is -0.880. The molecular weight excluding hydrogens is 304 g/mol. The molecule has 1 rings (SSSR count). The van der Waals surface area contributed by atoms with Crippen molar-refractivity contribution < 1.29 is 19.5 Å². The van der Waals surface area contributed by atoms with E-state index in [-0.39, 0.29) is 12.4 Å². The van der Waals surface area contributed by atoms with E-state index in [9.17, 15) is 4.79 Å². The van der Waals surface area contributed by atoms with Crippen LogP contribution >= 0.6 is 11.6 Å². The summed E-state index contributed by atoms with van der Waals surface area (Å²) in [6, 6.07) is 8.47. The monoisotopic (exact) mass is 314 g/mol. The fourth-order valence-electron chi connectivity index (χ4n) is 0.990. The second-order valence-electron chi connectivity index (χ2n) is 3.15. The summed E-state index contributed by atoms with van der Waals surface area (Å²) in [5, 5.41) is 12.3. The van der Waals surface area contributed by atoms with Crippen molar-refractivity contribution in [3.05, 3.63) is 51.2 Å². The second kappa shape index (κ2) is 12.2. The van der Waals surface area contributed by atoms with E-state index < -0.39 is 12.3 Å². The van der Waals surface area contributed by atoms with Crippen molar-refractivity contribution in [3.63, 3.8) is 0 Å². The maximum Gasteiger partial charge on any atom is 0.514 e. The van der Waals surface area contributed by atoms with E-state index in [1.165, 1.54) is 0 Å². The van der Waals surface area contributed by atoms with Gasteiger partial charge in [-0.3, -0.25) is 0 Å². The van der Waals surface area contributed by atoms with Crippen molar-refractivity contribution in [2.45, 2.75) is 6.10 Å². The number of carbonyl (C=O) groups is 1. The molecule has 1 N–H and O–H groups in total. The van der Waals surface area contributed by atoms with Crippen molar-refractivity contribution in [2.75, 3.05) is 12.4 Å². The summed E-state index contributed by atoms with van der Waals surface area (Å²) in [6.07, 6.45) is -1.57. The van der Waals surface area contributed by atoms with E-state index in [4.69, 9.17) is 37.3 Å². The Morgan fingerprint density at radius 2 is 1.95 bits per heavy atom. The first-order chi connectivity index (χ1) is 10.2. The van der Waals surface area contributed by atoms with Gasteiger partial charge in [0.1, 0.15) is 17.1 Å². The molecular formula is C10H11ClN6O4. The molecule has 112 valence electrons. The predicted molar refractivity (Wildman–Crippen MR) is 73.0 cm³/mol. The van der Waals surface area contributed by atoms with Gasteiger partial charge in [0.15, 0.2) is 0 Å². The summed E-state index contributed by atoms with van der Waals surface area (Å²) in [4.78, 5) is 15.8. The Hall–Kier alpha value is -2.80. The lowest BCUT2D eigenvalue weighted by Gasteiger charge is -2.12. The van der Waals surface area contributed by atoms with E-state index in [0.717, 1.165) is 0 Å². The number of alkyl halides is 1. The van der Waals surface area contributed by atoms with Crippen molar-refractivity contribution in [2.24, 2.45) is 10.4 Å². The number of carbonyl (C=O) groups excluding carboxylic acids is 1. The average molecular weight is 315 g/mol. The molecule has 0 aliphatic heterocycles. The van der Waals surface area contributed by atoms with Gasteiger partial charge in [-0.1, -0.05) is 23.3 Å². The first kappa shape index (κ1) is 18.2. The van der Waals surface area contributed by atoms with Gasteiger partial charge in [0.2, 0.25) is 0 Å². The first-order valence-electron chi connectivity index (χ1n) is 5.36. The molecule has 21 heavy (non-hydrogen) atoms. The van der Waals surface area contributed by atoms with Gasteiger partial charge >= 0.3 is 6.16 Å². The molecule has 0 unspecified atom stereocenters. The predicted octanol–water partition coefficient (Wildman–Crippen LogP) is 3.81. The molecule has 0 bridgehead atoms. The minimum absolute atomic E-state index is 0.0239. The number of hydrogen-bond donors (Lipinski definition) is 1. The first-order valence-corrected chi connectivity index (χ1v) is 5.90. The fourth-order valence-corrected chi connectivity index (χ4v) is 1.15. The lowest BCUT2D eigenvalue weighted by Crippen LogP contribution is -2.24. The van der Waals surface area contributed by atoms with Crippen LogP contribution < -0.4 is 4.74 Å². The number of benzene rings is 1. The average Bonchev–Trinajstić information content (AvgIpc) is 2.52. The molecule has 0 amide bonds. The number of hydrogen-bond acceptors (Lipinski definition) is 5. The van der Waals surface area contributed by atoms with Crippen LogP contribution in [0.3, 0.4) is 0 Å². The lowest BCUT2D eigenvalue weighted by molar-refractivity contribution is 0.0703. The highest BCUT2D eigenvalue weighted by molar-refractivity contribution is 6.18. The second-order valence-corrected chi connectivity index (χ2v) is 3.46. The number of para-hydroxylation sites is 1. The van der Waals surface area contributed by atoms with Gasteiger partial charge in [0.25, 0.3) is 0 Å². The number of halogens is 1. The maximum atomic E-state index is 11.3. The topological polar surface area (TPSA) is 153 Å². The fraction of sp³-hybridized carbons (Fsp3) is 0.300. The molecule has 11 heteroatoms. The van der Waals surface area contributed by atoms with Gasteiger partial charge in [-0.15, -0.1) is 11.6 Å². The molecule has 0 aromatic heterocycles. The van der Waals surface area contributed by atoms with Gasteiger partial charge in [0, 0.05) is 9.82 Å². The van der Waals surface area contributed by atoms with Crippen LogP contribution in [0.5, 0.6) is 5.75 Å². The quantitative estimate of drug-likeness (QED) is 0.167. The minimum Gasteiger partial charge on any atom is -0.449 e. The van der Waals surface area contributed by atoms with Gasteiger partial charge in [0.05, 0.1) is 12.4 Å². The highest BCUT2D eigenvalue weighted by atomic mass is 35.5. The zero-order chi connectivity index (χ0) is 15.9. The maximum absolute atomic E-state index is 11.3. The Balaban J connectivity index is 0.000000885. The van der Waals surface area contributed by atoms with Crippen LogP contribution in [0, 0.1) is 0 Å². The molecule has 0 saturated carbocycles. The molecule has 1 atom stereocenters. The van der Waals surface area contributed by atoms with Gasteiger partial charge in [-0.25, -0.2) is 4.79 Å². The van der Waals surface area contributed by atoms with Crippen LogP contribution in [0.4, 0.5) is 4.79 Å². The SMILES string of the molecule is [N-]=[N+]=NC[C@H](CCl)OC(=O)Oc1ccccc1.[N-]=[N+]=NO. The third-order valence-corrected chi connectivity index (χ3v) is 2.11. The molecule has 0 aliphatic carbocycles. The summed E-state index contributed by atoms with van der Waals surface area (Å²) in [6.45, 7) is -0.0239. The Kier molecular flexibility index (Phi) is 10.6. The summed E-state index contributed by atoms with van der Waals surface area (Å²) >= 11 is 5.53. The molecule has 10 nitrogen and oxygen atoms in total. The Bertz CT molecular complexity index is 516. The van der Waals surface area contributed by atoms with Crippen molar-refractivity contribution >= 4 is 17.8 Å². The Labute approximate surface area is 124 Å². The molecule has 1 aromatic carbocycles. The number of ether oxygens (including phenoxy) is 2. The van der Waals surface area contributed by atoms with E-state index >= 15 is 0 Å². The third-order valence-electron chi connectivity index (χ3n) is 1.77. The lowest BCUT2D eigenvalue weighted by atomic mass is 10.3. The van der Waals surface area contributed by atoms with Gasteiger partial charge in [-0.05, 0) is 23.2 Å². The van der Waals surface area contributed by atoms with Crippen LogP contribution in [0.25, 0.3) is 20.9 Å². The zero-order valence-electron chi connectivity index (χ0n) is 10.6. The largest absolute Gasteiger partial charge is 0.514 e. The highest BCUT2D eigenvalue weighted by Crippen LogP contribution is 2.10. The van der Waals surface area contributed by atoms with E-state index in [2.05, 4.69) is 10.0 Å². The number of nitrogens with zero attached hydrogens (tertiary/aromatic N) is 6. The molecule has 1 aromatic rings.